The van der Waals surface area contributed by atoms with Crippen molar-refractivity contribution in [3.8, 4) is 0 Å². The zero-order valence-electron chi connectivity index (χ0n) is 9.85. The molecule has 0 saturated heterocycles. The molecule has 0 aromatic heterocycles. The maximum Gasteiger partial charge on any atom is 2.00 e. The minimum atomic E-state index is -5.17. The molecule has 0 heterocycles. The van der Waals surface area contributed by atoms with Crippen LogP contribution < -0.4 is 59.1 Å². The summed E-state index contributed by atoms with van der Waals surface area (Å²) in [5.74, 6) is 0. The maximum atomic E-state index is 8.52. The van der Waals surface area contributed by atoms with Gasteiger partial charge in [-0.2, -0.15) is 0 Å². The molecule has 0 saturated carbocycles. The molecule has 0 aliphatic rings. The smallest absolute Gasteiger partial charge is 0.759 e. The molecule has 0 spiro atoms. The predicted octanol–water partition coefficient (Wildman–Crippen LogP) is -14.2. The van der Waals surface area contributed by atoms with Crippen molar-refractivity contribution < 1.29 is 144 Å². The van der Waals surface area contributed by atoms with Gasteiger partial charge in [-0.3, -0.25) is 16.8 Å². The average molecular weight is 416 g/mol. The van der Waals surface area contributed by atoms with E-state index >= 15 is 0 Å². The van der Waals surface area contributed by atoms with E-state index in [2.05, 4.69) is 0 Å². The van der Waals surface area contributed by atoms with E-state index in [-0.39, 0.29) is 109 Å². The van der Waals surface area contributed by atoms with Gasteiger partial charge in [0.05, 0.1) is 0 Å². The third-order valence-electron chi connectivity index (χ3n) is 0. The SMILES string of the molecule is O=S(=O)([O-])[O-].O=S(=O)([O-])[O-].[Cu+2].[Na+].[Na+].[OH3+].[OH3+].[OH3+].[OH3+].[OH3+].[OH3+]. The third kappa shape index (κ3) is 1590. The van der Waals surface area contributed by atoms with Crippen molar-refractivity contribution in [1.29, 1.82) is 0 Å². The van der Waals surface area contributed by atoms with Crippen LogP contribution in [-0.2, 0) is 70.7 Å². The molecule has 0 amide bonds. The molecule has 0 fully saturated rings. The molecular weight excluding hydrogens is 398 g/mol. The topological polar surface area (TPSA) is 359 Å². The summed E-state index contributed by atoms with van der Waals surface area (Å²) in [7, 11) is -10.3. The molecule has 0 rings (SSSR count). The Morgan fingerprint density at radius 2 is 0.474 bits per heavy atom. The fourth-order valence-corrected chi connectivity index (χ4v) is 0. The van der Waals surface area contributed by atoms with Crippen molar-refractivity contribution >= 4 is 20.8 Å². The van der Waals surface area contributed by atoms with Crippen molar-refractivity contribution in [2.24, 2.45) is 0 Å². The van der Waals surface area contributed by atoms with Gasteiger partial charge in [0.1, 0.15) is 0 Å². The van der Waals surface area contributed by atoms with Gasteiger partial charge in [0.15, 0.2) is 0 Å². The molecule has 0 aromatic carbocycles. The molecule has 1 radical (unpaired) electrons. The van der Waals surface area contributed by atoms with Crippen molar-refractivity contribution in [2.75, 3.05) is 0 Å². The van der Waals surface area contributed by atoms with Gasteiger partial charge in [0, 0.05) is 20.8 Å². The van der Waals surface area contributed by atoms with Gasteiger partial charge in [-0.15, -0.1) is 0 Å². The Labute approximate surface area is 163 Å². The zero-order valence-corrected chi connectivity index (χ0v) is 16.4. The van der Waals surface area contributed by atoms with Crippen LogP contribution in [-0.4, -0.2) is 35.0 Å². The predicted molar refractivity (Wildman–Crippen MR) is 50.2 cm³/mol. The summed E-state index contributed by atoms with van der Waals surface area (Å²) in [6.45, 7) is 0. The Kier molecular flexibility index (Phi) is 163. The first-order valence-corrected chi connectivity index (χ1v) is 4.00. The average Bonchev–Trinajstić information content (AvgIpc) is 1.12. The van der Waals surface area contributed by atoms with E-state index in [0.29, 0.717) is 0 Å². The zero-order chi connectivity index (χ0) is 9.00. The van der Waals surface area contributed by atoms with Crippen LogP contribution in [0.15, 0.2) is 0 Å². The molecule has 0 atom stereocenters. The van der Waals surface area contributed by atoms with Gasteiger partial charge in [-0.05, 0) is 0 Å². The van der Waals surface area contributed by atoms with E-state index in [9.17, 15) is 0 Å². The fourth-order valence-electron chi connectivity index (χ4n) is 0. The molecule has 19 heavy (non-hydrogen) atoms. The quantitative estimate of drug-likeness (QED) is 0.157. The van der Waals surface area contributed by atoms with Crippen LogP contribution in [0.1, 0.15) is 0 Å². The van der Waals surface area contributed by atoms with Gasteiger partial charge < -0.3 is 51.1 Å². The van der Waals surface area contributed by atoms with E-state index in [1.54, 1.807) is 0 Å². The van der Waals surface area contributed by atoms with Gasteiger partial charge in [-0.25, -0.2) is 0 Å². The second kappa shape index (κ2) is 36.8. The monoisotopic (exact) mass is 415 g/mol. The Morgan fingerprint density at radius 3 is 0.474 bits per heavy atom. The van der Waals surface area contributed by atoms with Crippen LogP contribution in [0.2, 0.25) is 0 Å². The number of hydrogen-bond donors (Lipinski definition) is 0. The Hall–Kier alpha value is 2.02. The Morgan fingerprint density at radius 1 is 0.474 bits per heavy atom. The Balaban J connectivity index is -0.00000000508. The van der Waals surface area contributed by atoms with Gasteiger partial charge in [-0.1, -0.05) is 0 Å². The normalized spacial score (nSPS) is 6.11. The van der Waals surface area contributed by atoms with Gasteiger partial charge in [0.25, 0.3) is 0 Å². The molecule has 0 bridgehead atoms. The molecule has 14 nitrogen and oxygen atoms in total. The first kappa shape index (κ1) is 83.9. The van der Waals surface area contributed by atoms with E-state index in [1.807, 2.05) is 0 Å². The summed E-state index contributed by atoms with van der Waals surface area (Å²) < 4.78 is 68.2. The molecule has 0 unspecified atom stereocenters. The summed E-state index contributed by atoms with van der Waals surface area (Å²) in [5.41, 5.74) is 0. The van der Waals surface area contributed by atoms with E-state index in [4.69, 9.17) is 35.0 Å². The molecule has 0 aliphatic heterocycles. The minimum absolute atomic E-state index is 0. The summed E-state index contributed by atoms with van der Waals surface area (Å²) in [6.07, 6.45) is 0. The summed E-state index contributed by atoms with van der Waals surface area (Å²) >= 11 is 0. The van der Waals surface area contributed by atoms with Gasteiger partial charge >= 0.3 is 76.2 Å². The van der Waals surface area contributed by atoms with Crippen LogP contribution in [0.3, 0.4) is 0 Å². The van der Waals surface area contributed by atoms with Crippen LogP contribution in [0.5, 0.6) is 0 Å². The first-order valence-electron chi connectivity index (χ1n) is 1.33. The Bertz CT molecular complexity index is 220. The van der Waals surface area contributed by atoms with Gasteiger partial charge in [0.2, 0.25) is 0 Å². The van der Waals surface area contributed by atoms with E-state index in [0.717, 1.165) is 0 Å². The summed E-state index contributed by atoms with van der Waals surface area (Å²) in [6, 6.07) is 0. The van der Waals surface area contributed by atoms with Crippen LogP contribution in [0, 0.1) is 0 Å². The second-order valence-corrected chi connectivity index (χ2v) is 2.45. The maximum absolute atomic E-state index is 8.52. The summed E-state index contributed by atoms with van der Waals surface area (Å²) in [4.78, 5) is 0. The third-order valence-corrected chi connectivity index (χ3v) is 0. The van der Waals surface area contributed by atoms with Crippen LogP contribution in [0.4, 0.5) is 0 Å². The largest absolute Gasteiger partial charge is 2.00 e. The molecular formula is H18CuNa2O14S2+6. The van der Waals surface area contributed by atoms with E-state index in [1.165, 1.54) is 0 Å². The second-order valence-electron chi connectivity index (χ2n) is 0.816. The van der Waals surface area contributed by atoms with Crippen molar-refractivity contribution in [3.63, 3.8) is 0 Å². The standard InChI is InChI=1S/Cu.2Na.2H2O4S.6H2O/c;;;2*1-5(2,3)4;;;;;;/h;;;2*(H2,1,2,3,4);6*1H2/q+2;2*+1;;;;;;;;/p+2. The fraction of sp³-hybridized carbons (Fsp3) is 0. The minimum Gasteiger partial charge on any atom is -0.759 e. The van der Waals surface area contributed by atoms with Crippen molar-refractivity contribution in [2.45, 2.75) is 0 Å². The molecule has 121 valence electrons. The first-order chi connectivity index (χ1) is 4.00. The summed E-state index contributed by atoms with van der Waals surface area (Å²) in [5, 5.41) is 0. The van der Waals surface area contributed by atoms with E-state index < -0.39 is 20.8 Å². The van der Waals surface area contributed by atoms with Crippen LogP contribution >= 0.6 is 0 Å². The molecule has 0 aliphatic carbocycles. The number of rotatable bonds is 0. The van der Waals surface area contributed by atoms with Crippen LogP contribution in [0.25, 0.3) is 0 Å². The molecule has 0 aromatic rings. The number of hydrogen-bond acceptors (Lipinski definition) is 8. The molecule has 18 N–H and O–H groups in total. The van der Waals surface area contributed by atoms with Crippen molar-refractivity contribution in [1.82, 2.24) is 0 Å². The van der Waals surface area contributed by atoms with Crippen molar-refractivity contribution in [3.05, 3.63) is 0 Å². The molecule has 19 heteroatoms.